The minimum Gasteiger partial charge on any atom is -0.493 e. The third-order valence-electron chi connectivity index (χ3n) is 4.58. The smallest absolute Gasteiger partial charge is 0.257 e. The van der Waals surface area contributed by atoms with E-state index in [0.717, 1.165) is 5.56 Å². The number of nitrogens with one attached hydrogen (secondary N) is 2. The Morgan fingerprint density at radius 1 is 1.03 bits per heavy atom. The summed E-state index contributed by atoms with van der Waals surface area (Å²) < 4.78 is 10.7. The molecule has 0 aliphatic carbocycles. The molecule has 0 aromatic heterocycles. The van der Waals surface area contributed by atoms with Crippen LogP contribution in [0, 0.1) is 0 Å². The van der Waals surface area contributed by atoms with Crippen molar-refractivity contribution in [3.63, 3.8) is 0 Å². The second kappa shape index (κ2) is 12.0. The first-order valence-corrected chi connectivity index (χ1v) is 9.50. The molecule has 0 saturated carbocycles. The van der Waals surface area contributed by atoms with Gasteiger partial charge in [0.2, 0.25) is 0 Å². The molecule has 0 bridgehead atoms. The first-order valence-electron chi connectivity index (χ1n) is 9.50. The summed E-state index contributed by atoms with van der Waals surface area (Å²) in [6.07, 6.45) is 0. The number of hydrogen-bond donors (Lipinski definition) is 3. The van der Waals surface area contributed by atoms with E-state index in [4.69, 9.17) is 15.2 Å². The van der Waals surface area contributed by atoms with Gasteiger partial charge in [-0.15, -0.1) is 12.4 Å². The molecule has 7 nitrogen and oxygen atoms in total. The van der Waals surface area contributed by atoms with E-state index in [9.17, 15) is 9.59 Å². The summed E-state index contributed by atoms with van der Waals surface area (Å²) in [5.74, 6) is 0.683. The van der Waals surface area contributed by atoms with Crippen molar-refractivity contribution in [2.75, 3.05) is 27.3 Å². The summed E-state index contributed by atoms with van der Waals surface area (Å²) in [6, 6.07) is 12.6. The lowest BCUT2D eigenvalue weighted by Gasteiger charge is -2.15. The number of ether oxygens (including phenoxy) is 2. The molecule has 0 saturated heterocycles. The second-order valence-corrected chi connectivity index (χ2v) is 6.97. The first-order chi connectivity index (χ1) is 13.8. The highest BCUT2D eigenvalue weighted by Gasteiger charge is 2.14. The molecule has 0 spiro atoms. The predicted octanol–water partition coefficient (Wildman–Crippen LogP) is 2.80. The van der Waals surface area contributed by atoms with Crippen molar-refractivity contribution in [2.45, 2.75) is 25.8 Å². The van der Waals surface area contributed by atoms with Gasteiger partial charge in [0.15, 0.2) is 18.1 Å². The Morgan fingerprint density at radius 2 is 1.67 bits per heavy atom. The molecule has 2 rings (SSSR count). The van der Waals surface area contributed by atoms with Gasteiger partial charge >= 0.3 is 0 Å². The molecule has 0 aliphatic rings. The number of likely N-dealkylation sites (N-methyl/N-ethyl adjacent to an activating group) is 1. The fourth-order valence-electron chi connectivity index (χ4n) is 2.69. The third-order valence-corrected chi connectivity index (χ3v) is 4.58. The molecule has 2 amide bonds. The van der Waals surface area contributed by atoms with Gasteiger partial charge in [0.25, 0.3) is 11.8 Å². The molecular formula is C22H30ClN3O4. The van der Waals surface area contributed by atoms with Gasteiger partial charge < -0.3 is 25.8 Å². The van der Waals surface area contributed by atoms with E-state index in [0.29, 0.717) is 29.5 Å². The molecule has 0 heterocycles. The lowest BCUT2D eigenvalue weighted by Crippen LogP contribution is -2.32. The summed E-state index contributed by atoms with van der Waals surface area (Å²) >= 11 is 0. The van der Waals surface area contributed by atoms with Crippen molar-refractivity contribution in [2.24, 2.45) is 5.73 Å². The van der Waals surface area contributed by atoms with E-state index < -0.39 is 0 Å². The zero-order valence-electron chi connectivity index (χ0n) is 17.7. The summed E-state index contributed by atoms with van der Waals surface area (Å²) in [5, 5.41) is 5.31. The van der Waals surface area contributed by atoms with Gasteiger partial charge in [0.05, 0.1) is 7.11 Å². The zero-order chi connectivity index (χ0) is 21.4. The quantitative estimate of drug-likeness (QED) is 0.562. The maximum absolute atomic E-state index is 12.5. The largest absolute Gasteiger partial charge is 0.493 e. The van der Waals surface area contributed by atoms with Crippen LogP contribution in [0.5, 0.6) is 11.5 Å². The van der Waals surface area contributed by atoms with Crippen LogP contribution in [0.15, 0.2) is 42.5 Å². The van der Waals surface area contributed by atoms with Crippen LogP contribution < -0.4 is 25.8 Å². The first kappa shape index (κ1) is 25.3. The van der Waals surface area contributed by atoms with Crippen LogP contribution in [0.25, 0.3) is 0 Å². The minimum absolute atomic E-state index is 0. The lowest BCUT2D eigenvalue weighted by molar-refractivity contribution is -0.122. The van der Waals surface area contributed by atoms with E-state index in [-0.39, 0.29) is 36.9 Å². The Morgan fingerprint density at radius 3 is 2.23 bits per heavy atom. The van der Waals surface area contributed by atoms with Crippen molar-refractivity contribution >= 4 is 24.2 Å². The van der Waals surface area contributed by atoms with Crippen molar-refractivity contribution in [3.05, 3.63) is 59.2 Å². The number of nitrogens with two attached hydrogens (primary N) is 1. The van der Waals surface area contributed by atoms with Crippen molar-refractivity contribution in [1.29, 1.82) is 0 Å². The SMILES string of the molecule is CNC(=O)COc1ccc(C(=O)NCC(N)c2ccc(C(C)C)cc2)cc1OC.Cl. The Bertz CT molecular complexity index is 841. The second-order valence-electron chi connectivity index (χ2n) is 6.97. The van der Waals surface area contributed by atoms with E-state index in [1.807, 2.05) is 12.1 Å². The highest BCUT2D eigenvalue weighted by Crippen LogP contribution is 2.28. The highest BCUT2D eigenvalue weighted by molar-refractivity contribution is 5.95. The van der Waals surface area contributed by atoms with Gasteiger partial charge in [-0.2, -0.15) is 0 Å². The maximum atomic E-state index is 12.5. The monoisotopic (exact) mass is 435 g/mol. The number of benzene rings is 2. The standard InChI is InChI=1S/C22H29N3O4.ClH/c1-14(2)15-5-7-16(8-6-15)18(23)12-25-22(27)17-9-10-19(20(11-17)28-4)29-13-21(26)24-3;/h5-11,14,18H,12-13,23H2,1-4H3,(H,24,26)(H,25,27);1H. The van der Waals surface area contributed by atoms with E-state index in [1.54, 1.807) is 18.2 Å². The summed E-state index contributed by atoms with van der Waals surface area (Å²) in [7, 11) is 3.00. The van der Waals surface area contributed by atoms with Crippen LogP contribution in [0.4, 0.5) is 0 Å². The average Bonchev–Trinajstić information content (AvgIpc) is 2.75. The van der Waals surface area contributed by atoms with Gasteiger partial charge in [-0.05, 0) is 35.2 Å². The van der Waals surface area contributed by atoms with E-state index in [2.05, 4.69) is 36.6 Å². The summed E-state index contributed by atoms with van der Waals surface area (Å²) in [5.41, 5.74) is 8.83. The number of carbonyl (C=O) groups excluding carboxylic acids is 2. The molecule has 0 radical (unpaired) electrons. The Kier molecular flexibility index (Phi) is 10.1. The van der Waals surface area contributed by atoms with Gasteiger partial charge in [-0.1, -0.05) is 38.1 Å². The maximum Gasteiger partial charge on any atom is 0.257 e. The Labute approximate surface area is 183 Å². The fraction of sp³-hybridized carbons (Fsp3) is 0.364. The van der Waals surface area contributed by atoms with Gasteiger partial charge in [-0.25, -0.2) is 0 Å². The molecule has 4 N–H and O–H groups in total. The predicted molar refractivity (Wildman–Crippen MR) is 120 cm³/mol. The average molecular weight is 436 g/mol. The number of amides is 2. The molecule has 2 aromatic carbocycles. The molecule has 1 atom stereocenters. The number of methoxy groups -OCH3 is 1. The molecule has 30 heavy (non-hydrogen) atoms. The zero-order valence-corrected chi connectivity index (χ0v) is 18.5. The molecule has 0 aliphatic heterocycles. The lowest BCUT2D eigenvalue weighted by atomic mass is 9.99. The summed E-state index contributed by atoms with van der Waals surface area (Å²) in [4.78, 5) is 23.8. The number of halogens is 1. The fourth-order valence-corrected chi connectivity index (χ4v) is 2.69. The molecular weight excluding hydrogens is 406 g/mol. The Hall–Kier alpha value is -2.77. The van der Waals surface area contributed by atoms with Crippen molar-refractivity contribution in [3.8, 4) is 11.5 Å². The molecule has 8 heteroatoms. The Balaban J connectivity index is 0.00000450. The van der Waals surface area contributed by atoms with Gasteiger partial charge in [-0.3, -0.25) is 9.59 Å². The van der Waals surface area contributed by atoms with Gasteiger partial charge in [0.1, 0.15) is 0 Å². The number of carbonyl (C=O) groups is 2. The van der Waals surface area contributed by atoms with Crippen LogP contribution in [0.2, 0.25) is 0 Å². The highest BCUT2D eigenvalue weighted by atomic mass is 35.5. The van der Waals surface area contributed by atoms with E-state index in [1.165, 1.54) is 19.7 Å². The molecule has 0 fully saturated rings. The van der Waals surface area contributed by atoms with Crippen molar-refractivity contribution in [1.82, 2.24) is 10.6 Å². The minimum atomic E-state index is -0.308. The molecule has 164 valence electrons. The van der Waals surface area contributed by atoms with E-state index >= 15 is 0 Å². The molecule has 2 aromatic rings. The van der Waals surface area contributed by atoms with Crippen LogP contribution in [-0.2, 0) is 4.79 Å². The van der Waals surface area contributed by atoms with Gasteiger partial charge in [0, 0.05) is 25.2 Å². The number of rotatable bonds is 9. The summed E-state index contributed by atoms with van der Waals surface area (Å²) in [6.45, 7) is 4.44. The topological polar surface area (TPSA) is 103 Å². The number of hydrogen-bond acceptors (Lipinski definition) is 5. The van der Waals surface area contributed by atoms with Crippen LogP contribution in [0.3, 0.4) is 0 Å². The molecule has 1 unspecified atom stereocenters. The van der Waals surface area contributed by atoms with Crippen LogP contribution in [-0.4, -0.2) is 39.1 Å². The van der Waals surface area contributed by atoms with Crippen LogP contribution >= 0.6 is 12.4 Å². The third kappa shape index (κ3) is 6.93. The van der Waals surface area contributed by atoms with Crippen LogP contribution in [0.1, 0.15) is 47.3 Å². The van der Waals surface area contributed by atoms with Crippen molar-refractivity contribution < 1.29 is 19.1 Å². The normalized spacial score (nSPS) is 11.3.